The van der Waals surface area contributed by atoms with E-state index >= 15 is 0 Å². The Balaban J connectivity index is 1.97. The number of nitrogens with one attached hydrogen (secondary N) is 1. The molecule has 0 spiro atoms. The maximum absolute atomic E-state index is 4.69. The maximum Gasteiger partial charge on any atom is 0.0678 e. The lowest BCUT2D eigenvalue weighted by Gasteiger charge is -2.24. The first-order valence-electron chi connectivity index (χ1n) is 8.08. The molecule has 1 N–H and O–H groups in total. The van der Waals surface area contributed by atoms with Gasteiger partial charge in [0.1, 0.15) is 0 Å². The minimum atomic E-state index is 0.480. The van der Waals surface area contributed by atoms with Gasteiger partial charge in [-0.3, -0.25) is 0 Å². The van der Waals surface area contributed by atoms with E-state index in [1.54, 1.807) is 0 Å². The first kappa shape index (κ1) is 14.3. The predicted molar refractivity (Wildman–Crippen MR) is 87.0 cm³/mol. The molecule has 1 aliphatic rings. The van der Waals surface area contributed by atoms with Crippen LogP contribution in [0.2, 0.25) is 0 Å². The van der Waals surface area contributed by atoms with Crippen LogP contribution in [-0.4, -0.2) is 16.3 Å². The highest BCUT2D eigenvalue weighted by atomic mass is 15.3. The average Bonchev–Trinajstić information content (AvgIpc) is 2.89. The fourth-order valence-corrected chi connectivity index (χ4v) is 3.34. The van der Waals surface area contributed by atoms with Crippen molar-refractivity contribution >= 4 is 0 Å². The van der Waals surface area contributed by atoms with Crippen LogP contribution < -0.4 is 5.32 Å². The standard InChI is InChI=1S/C18H25N3/c1-4-10-19-16-6-5-7-18-15(16)12-20-21(18)17-9-8-13(2)11-14(17)3/h8-9,11-12,16,19H,4-7,10H2,1-3H3. The van der Waals surface area contributed by atoms with Crippen LogP contribution in [0.15, 0.2) is 24.4 Å². The van der Waals surface area contributed by atoms with Gasteiger partial charge < -0.3 is 5.32 Å². The van der Waals surface area contributed by atoms with Gasteiger partial charge in [0.2, 0.25) is 0 Å². The molecule has 0 saturated heterocycles. The second kappa shape index (κ2) is 6.02. The first-order valence-corrected chi connectivity index (χ1v) is 8.08. The molecule has 3 heteroatoms. The van der Waals surface area contributed by atoms with Gasteiger partial charge in [0.25, 0.3) is 0 Å². The van der Waals surface area contributed by atoms with Crippen molar-refractivity contribution in [1.82, 2.24) is 15.1 Å². The van der Waals surface area contributed by atoms with Gasteiger partial charge in [-0.1, -0.05) is 24.6 Å². The molecule has 112 valence electrons. The van der Waals surface area contributed by atoms with Crippen LogP contribution in [0, 0.1) is 13.8 Å². The van der Waals surface area contributed by atoms with E-state index in [9.17, 15) is 0 Å². The number of benzene rings is 1. The smallest absolute Gasteiger partial charge is 0.0678 e. The fraction of sp³-hybridized carbons (Fsp3) is 0.500. The van der Waals surface area contributed by atoms with Crippen molar-refractivity contribution in [3.63, 3.8) is 0 Å². The molecule has 1 aliphatic carbocycles. The molecular weight excluding hydrogens is 258 g/mol. The molecule has 3 rings (SSSR count). The van der Waals surface area contributed by atoms with Crippen molar-refractivity contribution in [3.05, 3.63) is 46.8 Å². The van der Waals surface area contributed by atoms with Gasteiger partial charge in [-0.25, -0.2) is 4.68 Å². The van der Waals surface area contributed by atoms with E-state index in [0.29, 0.717) is 6.04 Å². The van der Waals surface area contributed by atoms with Crippen LogP contribution in [0.25, 0.3) is 5.69 Å². The van der Waals surface area contributed by atoms with Crippen LogP contribution >= 0.6 is 0 Å². The highest BCUT2D eigenvalue weighted by Crippen LogP contribution is 2.31. The van der Waals surface area contributed by atoms with Crippen LogP contribution in [0.3, 0.4) is 0 Å². The van der Waals surface area contributed by atoms with Crippen LogP contribution in [0.5, 0.6) is 0 Å². The number of aryl methyl sites for hydroxylation is 2. The SMILES string of the molecule is CCCNC1CCCc2c1cnn2-c1ccc(C)cc1C. The summed E-state index contributed by atoms with van der Waals surface area (Å²) in [5, 5.41) is 8.36. The van der Waals surface area contributed by atoms with Gasteiger partial charge in [0.15, 0.2) is 0 Å². The van der Waals surface area contributed by atoms with E-state index < -0.39 is 0 Å². The molecule has 1 aromatic carbocycles. The minimum absolute atomic E-state index is 0.480. The van der Waals surface area contributed by atoms with Crippen molar-refractivity contribution in [1.29, 1.82) is 0 Å². The number of rotatable bonds is 4. The Bertz CT molecular complexity index is 627. The van der Waals surface area contributed by atoms with E-state index in [1.165, 1.54) is 47.3 Å². The summed E-state index contributed by atoms with van der Waals surface area (Å²) in [6, 6.07) is 7.08. The average molecular weight is 283 g/mol. The second-order valence-corrected chi connectivity index (χ2v) is 6.15. The maximum atomic E-state index is 4.69. The molecule has 1 atom stereocenters. The number of aromatic nitrogens is 2. The zero-order valence-corrected chi connectivity index (χ0v) is 13.3. The van der Waals surface area contributed by atoms with Crippen molar-refractivity contribution < 1.29 is 0 Å². The quantitative estimate of drug-likeness (QED) is 0.923. The first-order chi connectivity index (χ1) is 10.2. The second-order valence-electron chi connectivity index (χ2n) is 6.15. The predicted octanol–water partition coefficient (Wildman–Crippen LogP) is 3.87. The molecule has 0 aliphatic heterocycles. The Morgan fingerprint density at radius 2 is 2.19 bits per heavy atom. The molecule has 1 unspecified atom stereocenters. The molecule has 2 aromatic rings. The van der Waals surface area contributed by atoms with Crippen molar-refractivity contribution in [2.24, 2.45) is 0 Å². The third-order valence-electron chi connectivity index (χ3n) is 4.40. The zero-order chi connectivity index (χ0) is 14.8. The Kier molecular flexibility index (Phi) is 4.11. The van der Waals surface area contributed by atoms with Gasteiger partial charge in [0, 0.05) is 17.3 Å². The summed E-state index contributed by atoms with van der Waals surface area (Å²) in [6.07, 6.45) is 6.85. The van der Waals surface area contributed by atoms with Gasteiger partial charge in [-0.05, 0) is 57.7 Å². The molecular formula is C18H25N3. The van der Waals surface area contributed by atoms with E-state index in [2.05, 4.69) is 55.2 Å². The lowest BCUT2D eigenvalue weighted by molar-refractivity contribution is 0.456. The molecule has 0 saturated carbocycles. The Morgan fingerprint density at radius 3 is 2.95 bits per heavy atom. The number of nitrogens with zero attached hydrogens (tertiary/aromatic N) is 2. The monoisotopic (exact) mass is 283 g/mol. The molecule has 0 bridgehead atoms. The summed E-state index contributed by atoms with van der Waals surface area (Å²) in [5.41, 5.74) is 6.61. The van der Waals surface area contributed by atoms with Crippen LogP contribution in [-0.2, 0) is 6.42 Å². The zero-order valence-electron chi connectivity index (χ0n) is 13.3. The van der Waals surface area contributed by atoms with Gasteiger partial charge in [-0.2, -0.15) is 5.10 Å². The molecule has 21 heavy (non-hydrogen) atoms. The molecule has 0 radical (unpaired) electrons. The summed E-state index contributed by atoms with van der Waals surface area (Å²) in [5.74, 6) is 0. The molecule has 1 heterocycles. The van der Waals surface area contributed by atoms with E-state index in [1.807, 2.05) is 0 Å². The third kappa shape index (κ3) is 2.75. The van der Waals surface area contributed by atoms with E-state index in [0.717, 1.165) is 13.0 Å². The summed E-state index contributed by atoms with van der Waals surface area (Å²) in [6.45, 7) is 7.61. The van der Waals surface area contributed by atoms with Crippen LogP contribution in [0.1, 0.15) is 54.6 Å². The molecule has 1 aromatic heterocycles. The Labute approximate surface area is 127 Å². The van der Waals surface area contributed by atoms with Gasteiger partial charge in [-0.15, -0.1) is 0 Å². The topological polar surface area (TPSA) is 29.9 Å². The van der Waals surface area contributed by atoms with E-state index in [-0.39, 0.29) is 0 Å². The molecule has 3 nitrogen and oxygen atoms in total. The third-order valence-corrected chi connectivity index (χ3v) is 4.40. The summed E-state index contributed by atoms with van der Waals surface area (Å²) >= 11 is 0. The highest BCUT2D eigenvalue weighted by molar-refractivity contribution is 5.44. The minimum Gasteiger partial charge on any atom is -0.310 e. The van der Waals surface area contributed by atoms with Crippen molar-refractivity contribution in [3.8, 4) is 5.69 Å². The van der Waals surface area contributed by atoms with Crippen molar-refractivity contribution in [2.75, 3.05) is 6.54 Å². The fourth-order valence-electron chi connectivity index (χ4n) is 3.34. The lowest BCUT2D eigenvalue weighted by atomic mass is 9.92. The van der Waals surface area contributed by atoms with Crippen molar-refractivity contribution in [2.45, 2.75) is 52.5 Å². The number of fused-ring (bicyclic) bond motifs is 1. The molecule has 0 amide bonds. The Morgan fingerprint density at radius 1 is 1.33 bits per heavy atom. The number of hydrogen-bond donors (Lipinski definition) is 1. The lowest BCUT2D eigenvalue weighted by Crippen LogP contribution is -2.26. The van der Waals surface area contributed by atoms with Gasteiger partial charge >= 0.3 is 0 Å². The normalized spacial score (nSPS) is 17.8. The summed E-state index contributed by atoms with van der Waals surface area (Å²) < 4.78 is 2.16. The van der Waals surface area contributed by atoms with Gasteiger partial charge in [0.05, 0.1) is 11.9 Å². The highest BCUT2D eigenvalue weighted by Gasteiger charge is 2.24. The Hall–Kier alpha value is -1.61. The van der Waals surface area contributed by atoms with Crippen LogP contribution in [0.4, 0.5) is 0 Å². The van der Waals surface area contributed by atoms with E-state index in [4.69, 9.17) is 5.10 Å². The largest absolute Gasteiger partial charge is 0.310 e. The molecule has 0 fully saturated rings. The summed E-state index contributed by atoms with van der Waals surface area (Å²) in [7, 11) is 0. The number of hydrogen-bond acceptors (Lipinski definition) is 2. The summed E-state index contributed by atoms with van der Waals surface area (Å²) in [4.78, 5) is 0.